The maximum atomic E-state index is 14.0. The normalized spacial score (nSPS) is 11.8. The lowest BCUT2D eigenvalue weighted by Crippen LogP contribution is -2.16. The molecule has 0 saturated carbocycles. The van der Waals surface area contributed by atoms with E-state index in [0.717, 1.165) is 22.8 Å². The number of alkyl halides is 3. The number of benzene rings is 2. The van der Waals surface area contributed by atoms with Crippen molar-refractivity contribution in [2.75, 3.05) is 5.32 Å². The third kappa shape index (κ3) is 5.29. The molecular formula is C28H23Cl2F3N6O. The van der Waals surface area contributed by atoms with Gasteiger partial charge in [-0.1, -0.05) is 41.4 Å². The maximum Gasteiger partial charge on any atom is 0.433 e. The SMILES string of the molecule is Cc1ccc(-c2cc(C(F)(F)F)n3nc(C(=O)Nc4c(C)nn(Cc5ccc(Cl)c(Cl)c5)c4C)cc3n2)cc1C. The minimum absolute atomic E-state index is 0.100. The fourth-order valence-electron chi connectivity index (χ4n) is 4.36. The first-order valence-corrected chi connectivity index (χ1v) is 12.9. The Kier molecular flexibility index (Phi) is 7.09. The molecule has 0 saturated heterocycles. The van der Waals surface area contributed by atoms with E-state index in [0.29, 0.717) is 43.7 Å². The van der Waals surface area contributed by atoms with Gasteiger partial charge in [0.15, 0.2) is 17.0 Å². The Bertz CT molecular complexity index is 1790. The molecule has 7 nitrogen and oxygen atoms in total. The van der Waals surface area contributed by atoms with Crippen LogP contribution in [-0.4, -0.2) is 30.3 Å². The lowest BCUT2D eigenvalue weighted by Gasteiger charge is -2.11. The number of halogens is 5. The third-order valence-electron chi connectivity index (χ3n) is 6.69. The average Bonchev–Trinajstić information content (AvgIpc) is 3.43. The zero-order valence-corrected chi connectivity index (χ0v) is 23.4. The van der Waals surface area contributed by atoms with Crippen LogP contribution in [0.3, 0.4) is 0 Å². The van der Waals surface area contributed by atoms with Gasteiger partial charge in [0.05, 0.1) is 39.4 Å². The monoisotopic (exact) mass is 586 g/mol. The number of carbonyl (C=O) groups is 1. The van der Waals surface area contributed by atoms with Gasteiger partial charge in [-0.25, -0.2) is 9.50 Å². The molecule has 40 heavy (non-hydrogen) atoms. The summed E-state index contributed by atoms with van der Waals surface area (Å²) in [6, 6.07) is 12.7. The number of nitrogens with zero attached hydrogens (tertiary/aromatic N) is 5. The van der Waals surface area contributed by atoms with Crippen LogP contribution in [0.15, 0.2) is 48.5 Å². The average molecular weight is 587 g/mol. The first kappa shape index (κ1) is 27.7. The molecule has 3 aromatic heterocycles. The predicted octanol–water partition coefficient (Wildman–Crippen LogP) is 7.45. The van der Waals surface area contributed by atoms with Crippen molar-refractivity contribution in [2.24, 2.45) is 0 Å². The Morgan fingerprint density at radius 3 is 2.35 bits per heavy atom. The molecule has 0 fully saturated rings. The van der Waals surface area contributed by atoms with Crippen molar-refractivity contribution in [3.8, 4) is 11.3 Å². The second-order valence-corrected chi connectivity index (χ2v) is 10.3. The Morgan fingerprint density at radius 2 is 1.68 bits per heavy atom. The highest BCUT2D eigenvalue weighted by atomic mass is 35.5. The second kappa shape index (κ2) is 10.3. The smallest absolute Gasteiger partial charge is 0.317 e. The molecule has 5 rings (SSSR count). The second-order valence-electron chi connectivity index (χ2n) is 9.53. The zero-order valence-electron chi connectivity index (χ0n) is 21.9. The Hall–Kier alpha value is -3.89. The quantitative estimate of drug-likeness (QED) is 0.232. The number of anilines is 1. The molecule has 206 valence electrons. The Labute approximate surface area is 237 Å². The summed E-state index contributed by atoms with van der Waals surface area (Å²) in [6.07, 6.45) is -4.73. The number of aryl methyl sites for hydroxylation is 3. The van der Waals surface area contributed by atoms with Crippen LogP contribution in [0.4, 0.5) is 18.9 Å². The summed E-state index contributed by atoms with van der Waals surface area (Å²) in [7, 11) is 0. The van der Waals surface area contributed by atoms with E-state index in [9.17, 15) is 18.0 Å². The predicted molar refractivity (Wildman–Crippen MR) is 148 cm³/mol. The van der Waals surface area contributed by atoms with Crippen molar-refractivity contribution < 1.29 is 18.0 Å². The largest absolute Gasteiger partial charge is 0.433 e. The van der Waals surface area contributed by atoms with Gasteiger partial charge in [-0.05, 0) is 68.7 Å². The number of aromatic nitrogens is 5. The van der Waals surface area contributed by atoms with Gasteiger partial charge in [0.1, 0.15) is 0 Å². The molecule has 0 aliphatic rings. The Morgan fingerprint density at radius 1 is 0.925 bits per heavy atom. The molecule has 3 heterocycles. The number of amides is 1. The molecule has 0 atom stereocenters. The third-order valence-corrected chi connectivity index (χ3v) is 7.43. The molecular weight excluding hydrogens is 564 g/mol. The van der Waals surface area contributed by atoms with E-state index < -0.39 is 17.8 Å². The van der Waals surface area contributed by atoms with Crippen molar-refractivity contribution >= 4 is 40.4 Å². The summed E-state index contributed by atoms with van der Waals surface area (Å²) in [5.74, 6) is -0.688. The highest BCUT2D eigenvalue weighted by Gasteiger charge is 2.36. The molecule has 0 aliphatic heterocycles. The number of carbonyl (C=O) groups excluding carboxylic acids is 1. The maximum absolute atomic E-state index is 14.0. The van der Waals surface area contributed by atoms with E-state index >= 15 is 0 Å². The fraction of sp³-hybridized carbons (Fsp3) is 0.214. The van der Waals surface area contributed by atoms with Crippen LogP contribution >= 0.6 is 23.2 Å². The number of fused-ring (bicyclic) bond motifs is 1. The molecule has 1 amide bonds. The summed E-state index contributed by atoms with van der Waals surface area (Å²) in [5, 5.41) is 12.0. The van der Waals surface area contributed by atoms with Crippen LogP contribution in [0.2, 0.25) is 10.0 Å². The Balaban J connectivity index is 1.48. The van der Waals surface area contributed by atoms with Gasteiger partial charge in [0.2, 0.25) is 0 Å². The molecule has 0 bridgehead atoms. The molecule has 5 aromatic rings. The van der Waals surface area contributed by atoms with E-state index in [1.54, 1.807) is 42.8 Å². The van der Waals surface area contributed by atoms with Gasteiger partial charge in [-0.15, -0.1) is 0 Å². The number of rotatable bonds is 5. The fourth-order valence-corrected chi connectivity index (χ4v) is 4.68. The molecule has 12 heteroatoms. The summed E-state index contributed by atoms with van der Waals surface area (Å²) in [4.78, 5) is 17.6. The first-order chi connectivity index (χ1) is 18.8. The van der Waals surface area contributed by atoms with Crippen LogP contribution in [0.25, 0.3) is 16.9 Å². The molecule has 2 aromatic carbocycles. The van der Waals surface area contributed by atoms with Crippen LogP contribution in [0, 0.1) is 27.7 Å². The van der Waals surface area contributed by atoms with Crippen molar-refractivity contribution in [3.05, 3.63) is 98.0 Å². The van der Waals surface area contributed by atoms with Crippen molar-refractivity contribution in [1.29, 1.82) is 0 Å². The van der Waals surface area contributed by atoms with E-state index in [-0.39, 0.29) is 17.0 Å². The molecule has 0 unspecified atom stereocenters. The van der Waals surface area contributed by atoms with E-state index in [4.69, 9.17) is 23.2 Å². The van der Waals surface area contributed by atoms with Gasteiger partial charge < -0.3 is 5.32 Å². The van der Waals surface area contributed by atoms with Crippen LogP contribution < -0.4 is 5.32 Å². The van der Waals surface area contributed by atoms with Crippen LogP contribution in [-0.2, 0) is 12.7 Å². The molecule has 0 radical (unpaired) electrons. The first-order valence-electron chi connectivity index (χ1n) is 12.2. The summed E-state index contributed by atoms with van der Waals surface area (Å²) in [5.41, 5.74) is 3.70. The van der Waals surface area contributed by atoms with Crippen molar-refractivity contribution in [1.82, 2.24) is 24.4 Å². The topological polar surface area (TPSA) is 77.1 Å². The van der Waals surface area contributed by atoms with Gasteiger partial charge in [-0.3, -0.25) is 9.48 Å². The molecule has 0 spiro atoms. The molecule has 0 aliphatic carbocycles. The molecule has 1 N–H and O–H groups in total. The highest BCUT2D eigenvalue weighted by Crippen LogP contribution is 2.33. The van der Waals surface area contributed by atoms with E-state index in [1.165, 1.54) is 6.07 Å². The van der Waals surface area contributed by atoms with Gasteiger partial charge in [0, 0.05) is 11.6 Å². The van der Waals surface area contributed by atoms with Crippen molar-refractivity contribution in [3.63, 3.8) is 0 Å². The standard InChI is InChI=1S/C28H23Cl2F3N6O/c1-14-5-7-19(9-15(14)2)22-11-24(28(31,32)33)39-25(34-22)12-23(37-39)27(40)35-26-16(3)36-38(17(26)4)13-18-6-8-20(29)21(30)10-18/h5-12H,13H2,1-4H3,(H,35,40). The lowest BCUT2D eigenvalue weighted by atomic mass is 10.0. The van der Waals surface area contributed by atoms with Crippen molar-refractivity contribution in [2.45, 2.75) is 40.4 Å². The van der Waals surface area contributed by atoms with Crippen LogP contribution in [0.5, 0.6) is 0 Å². The number of hydrogen-bond donors (Lipinski definition) is 1. The minimum atomic E-state index is -4.73. The summed E-state index contributed by atoms with van der Waals surface area (Å²) in [6.45, 7) is 7.65. The van der Waals surface area contributed by atoms with Gasteiger partial charge in [-0.2, -0.15) is 23.4 Å². The summed E-state index contributed by atoms with van der Waals surface area (Å²) >= 11 is 12.1. The van der Waals surface area contributed by atoms with E-state index in [2.05, 4.69) is 20.5 Å². The number of hydrogen-bond acceptors (Lipinski definition) is 4. The minimum Gasteiger partial charge on any atom is -0.317 e. The number of nitrogens with one attached hydrogen (secondary N) is 1. The van der Waals surface area contributed by atoms with Gasteiger partial charge >= 0.3 is 6.18 Å². The van der Waals surface area contributed by atoms with Gasteiger partial charge in [0.25, 0.3) is 5.91 Å². The van der Waals surface area contributed by atoms with Crippen LogP contribution in [0.1, 0.15) is 44.3 Å². The van der Waals surface area contributed by atoms with E-state index in [1.807, 2.05) is 26.0 Å². The lowest BCUT2D eigenvalue weighted by molar-refractivity contribution is -0.142. The highest BCUT2D eigenvalue weighted by molar-refractivity contribution is 6.42. The summed E-state index contributed by atoms with van der Waals surface area (Å²) < 4.78 is 44.4. The zero-order chi connectivity index (χ0) is 28.9.